The van der Waals surface area contributed by atoms with Crippen LogP contribution < -0.4 is 10.6 Å². The number of amides is 1. The molecule has 3 rings (SSSR count). The number of rotatable bonds is 10. The van der Waals surface area contributed by atoms with Gasteiger partial charge in [-0.1, -0.05) is 88.6 Å². The van der Waals surface area contributed by atoms with Crippen molar-refractivity contribution in [3.63, 3.8) is 0 Å². The first-order valence-electron chi connectivity index (χ1n) is 13.4. The minimum absolute atomic E-state index is 0.0987. The number of anilines is 1. The molecule has 0 aromatic heterocycles. The summed E-state index contributed by atoms with van der Waals surface area (Å²) < 4.78 is 11.6. The predicted octanol–water partition coefficient (Wildman–Crippen LogP) is 6.60. The van der Waals surface area contributed by atoms with E-state index in [1.54, 1.807) is 0 Å². The Bertz CT molecular complexity index is 1030. The van der Waals surface area contributed by atoms with Crippen LogP contribution in [0.3, 0.4) is 0 Å². The number of carbonyl (C=O) groups is 2. The van der Waals surface area contributed by atoms with Crippen LogP contribution in [-0.2, 0) is 25.4 Å². The monoisotopic (exact) mass is 524 g/mol. The zero-order valence-corrected chi connectivity index (χ0v) is 24.3. The summed E-state index contributed by atoms with van der Waals surface area (Å²) in [5, 5.41) is 6.67. The molecule has 0 heterocycles. The molecule has 1 saturated carbocycles. The second kappa shape index (κ2) is 12.8. The molecule has 37 heavy (non-hydrogen) atoms. The average molecular weight is 525 g/mol. The fourth-order valence-corrected chi connectivity index (χ4v) is 5.54. The number of benzene rings is 2. The highest BCUT2D eigenvalue weighted by molar-refractivity contribution is 6.74. The van der Waals surface area contributed by atoms with E-state index in [1.807, 2.05) is 54.6 Å². The van der Waals surface area contributed by atoms with Crippen LogP contribution in [0.4, 0.5) is 5.69 Å². The minimum atomic E-state index is -1.95. The third-order valence-electron chi connectivity index (χ3n) is 7.99. The Morgan fingerprint density at radius 2 is 1.59 bits per heavy atom. The summed E-state index contributed by atoms with van der Waals surface area (Å²) >= 11 is 0. The van der Waals surface area contributed by atoms with Gasteiger partial charge in [0.1, 0.15) is 6.04 Å². The first-order valence-corrected chi connectivity index (χ1v) is 16.4. The Morgan fingerprint density at radius 1 is 0.973 bits per heavy atom. The Balaban J connectivity index is 1.84. The van der Waals surface area contributed by atoms with Crippen molar-refractivity contribution in [2.45, 2.75) is 89.7 Å². The van der Waals surface area contributed by atoms with Gasteiger partial charge in [-0.3, -0.25) is 10.1 Å². The summed E-state index contributed by atoms with van der Waals surface area (Å²) in [6.45, 7) is 11.6. The summed E-state index contributed by atoms with van der Waals surface area (Å²) in [6, 6.07) is 16.0. The highest BCUT2D eigenvalue weighted by Crippen LogP contribution is 2.37. The highest BCUT2D eigenvalue weighted by atomic mass is 28.4. The van der Waals surface area contributed by atoms with Gasteiger partial charge in [0.05, 0.1) is 19.8 Å². The molecule has 1 aliphatic rings. The molecule has 2 aromatic rings. The van der Waals surface area contributed by atoms with Gasteiger partial charge in [0.2, 0.25) is 5.91 Å². The normalized spacial score (nSPS) is 16.6. The van der Waals surface area contributed by atoms with Crippen molar-refractivity contribution < 1.29 is 18.8 Å². The quantitative estimate of drug-likeness (QED) is 0.270. The van der Waals surface area contributed by atoms with Gasteiger partial charge in [-0.15, -0.1) is 0 Å². The van der Waals surface area contributed by atoms with Crippen molar-refractivity contribution in [3.8, 4) is 0 Å². The van der Waals surface area contributed by atoms with E-state index in [0.717, 1.165) is 42.5 Å². The second-order valence-electron chi connectivity index (χ2n) is 11.6. The molecule has 1 amide bonds. The number of methoxy groups -OCH3 is 1. The molecule has 202 valence electrons. The molecule has 7 heteroatoms. The zero-order chi connectivity index (χ0) is 27.1. The smallest absolute Gasteiger partial charge is 0.327 e. The summed E-state index contributed by atoms with van der Waals surface area (Å²) in [7, 11) is -0.569. The lowest BCUT2D eigenvalue weighted by atomic mass is 9.83. The van der Waals surface area contributed by atoms with Gasteiger partial charge in [0.15, 0.2) is 8.32 Å². The van der Waals surface area contributed by atoms with Crippen LogP contribution >= 0.6 is 0 Å². The van der Waals surface area contributed by atoms with Crippen LogP contribution in [0.15, 0.2) is 54.6 Å². The number of hydrogen-bond acceptors (Lipinski definition) is 5. The van der Waals surface area contributed by atoms with Crippen molar-refractivity contribution >= 4 is 25.9 Å². The number of para-hydroxylation sites is 1. The second-order valence-corrected chi connectivity index (χ2v) is 16.4. The van der Waals surface area contributed by atoms with Crippen LogP contribution in [0.1, 0.15) is 70.0 Å². The van der Waals surface area contributed by atoms with Crippen LogP contribution in [0.5, 0.6) is 0 Å². The molecular formula is C30H44N2O4Si. The third-order valence-corrected chi connectivity index (χ3v) is 12.5. The molecule has 2 atom stereocenters. The Kier molecular flexibility index (Phi) is 10.1. The van der Waals surface area contributed by atoms with Crippen molar-refractivity contribution in [3.05, 3.63) is 65.7 Å². The summed E-state index contributed by atoms with van der Waals surface area (Å²) in [6.07, 6.45) is 5.24. The molecule has 2 aromatic carbocycles. The van der Waals surface area contributed by atoms with Gasteiger partial charge in [-0.25, -0.2) is 4.79 Å². The lowest BCUT2D eigenvalue weighted by molar-refractivity contribution is -0.143. The zero-order valence-electron chi connectivity index (χ0n) is 23.3. The molecule has 0 spiro atoms. The van der Waals surface area contributed by atoms with Gasteiger partial charge in [0.25, 0.3) is 0 Å². The van der Waals surface area contributed by atoms with E-state index in [0.29, 0.717) is 6.61 Å². The van der Waals surface area contributed by atoms with E-state index >= 15 is 0 Å². The van der Waals surface area contributed by atoms with E-state index in [9.17, 15) is 9.59 Å². The molecule has 1 fully saturated rings. The average Bonchev–Trinajstić information content (AvgIpc) is 2.88. The Hall–Kier alpha value is -2.48. The Morgan fingerprint density at radius 3 is 2.22 bits per heavy atom. The molecule has 0 radical (unpaired) electrons. The lowest BCUT2D eigenvalue weighted by Crippen LogP contribution is -2.49. The van der Waals surface area contributed by atoms with Gasteiger partial charge in [-0.2, -0.15) is 0 Å². The molecular weight excluding hydrogens is 480 g/mol. The van der Waals surface area contributed by atoms with Crippen molar-refractivity contribution in [1.82, 2.24) is 5.32 Å². The number of hydrogen-bond donors (Lipinski definition) is 2. The molecule has 6 nitrogen and oxygen atoms in total. The molecule has 0 saturated heterocycles. The van der Waals surface area contributed by atoms with Gasteiger partial charge in [0, 0.05) is 5.69 Å². The summed E-state index contributed by atoms with van der Waals surface area (Å²) in [4.78, 5) is 26.6. The number of ether oxygens (including phenoxy) is 1. The number of carbonyl (C=O) groups excluding carboxylic acids is 2. The standard InChI is InChI=1S/C30H44N2O4Si/c1-30(2,3)37(5,6)36-21-24-19-13-14-20-25(24)31-28(33)26(22-15-9-7-10-16-22)32-27(29(34)35-4)23-17-11-8-12-18-23/h8,11-14,17-20,22,26-27,32H,7,9-10,15-16,21H2,1-6H3,(H,31,33)/t26?,27-/m0/s1. The third kappa shape index (κ3) is 7.76. The van der Waals surface area contributed by atoms with Crippen LogP contribution in [0.25, 0.3) is 0 Å². The van der Waals surface area contributed by atoms with E-state index in [1.165, 1.54) is 13.5 Å². The fourth-order valence-electron chi connectivity index (χ4n) is 4.59. The van der Waals surface area contributed by atoms with Crippen molar-refractivity contribution in [1.29, 1.82) is 0 Å². The maximum absolute atomic E-state index is 13.8. The van der Waals surface area contributed by atoms with Crippen LogP contribution in [0.2, 0.25) is 18.1 Å². The van der Waals surface area contributed by atoms with Gasteiger partial charge in [-0.05, 0) is 54.1 Å². The van der Waals surface area contributed by atoms with Crippen LogP contribution in [-0.4, -0.2) is 33.3 Å². The van der Waals surface area contributed by atoms with Crippen LogP contribution in [0, 0.1) is 5.92 Å². The number of nitrogens with one attached hydrogen (secondary N) is 2. The molecule has 2 N–H and O–H groups in total. The largest absolute Gasteiger partial charge is 0.468 e. The van der Waals surface area contributed by atoms with Crippen molar-refractivity contribution in [2.75, 3.05) is 12.4 Å². The predicted molar refractivity (Wildman–Crippen MR) is 152 cm³/mol. The molecule has 0 aliphatic heterocycles. The first kappa shape index (κ1) is 29.1. The van der Waals surface area contributed by atoms with E-state index in [2.05, 4.69) is 44.5 Å². The van der Waals surface area contributed by atoms with E-state index < -0.39 is 26.4 Å². The van der Waals surface area contributed by atoms with Gasteiger partial charge >= 0.3 is 5.97 Å². The van der Waals surface area contributed by atoms with E-state index in [-0.39, 0.29) is 16.9 Å². The highest BCUT2D eigenvalue weighted by Gasteiger charge is 2.38. The maximum Gasteiger partial charge on any atom is 0.327 e. The SMILES string of the molecule is COC(=O)[C@@H](NC(C(=O)Nc1ccccc1CO[Si](C)(C)C(C)(C)C)C1CCCCC1)c1ccccc1. The first-order chi connectivity index (χ1) is 17.5. The van der Waals surface area contributed by atoms with Crippen molar-refractivity contribution in [2.24, 2.45) is 5.92 Å². The lowest BCUT2D eigenvalue weighted by Gasteiger charge is -2.36. The Labute approximate surface area is 223 Å². The topological polar surface area (TPSA) is 76.7 Å². The summed E-state index contributed by atoms with van der Waals surface area (Å²) in [5.74, 6) is -0.389. The molecule has 1 aliphatic carbocycles. The van der Waals surface area contributed by atoms with E-state index in [4.69, 9.17) is 9.16 Å². The summed E-state index contributed by atoms with van der Waals surface area (Å²) in [5.41, 5.74) is 2.49. The number of esters is 1. The molecule has 0 bridgehead atoms. The fraction of sp³-hybridized carbons (Fsp3) is 0.533. The minimum Gasteiger partial charge on any atom is -0.468 e. The van der Waals surface area contributed by atoms with Gasteiger partial charge < -0.3 is 14.5 Å². The molecule has 1 unspecified atom stereocenters. The maximum atomic E-state index is 13.8.